The van der Waals surface area contributed by atoms with Crippen molar-refractivity contribution >= 4 is 21.4 Å². The Balaban J connectivity index is 1.88. The molecule has 17 heavy (non-hydrogen) atoms. The van der Waals surface area contributed by atoms with Crippen molar-refractivity contribution in [2.24, 2.45) is 5.14 Å². The molecule has 1 heterocycles. The first-order valence-corrected chi connectivity index (χ1v) is 8.28. The van der Waals surface area contributed by atoms with E-state index in [0.29, 0.717) is 13.0 Å². The standard InChI is InChI=1S/C11H19NO3S2/c12-17(13,14)10-3-1-2-7-15-8-6-11-5-4-9-16-11/h4-5,9H,1-3,6-8,10H2,(H2,12,13,14). The zero-order chi connectivity index (χ0) is 12.6. The molecular weight excluding hydrogens is 258 g/mol. The quantitative estimate of drug-likeness (QED) is 0.699. The number of nitrogens with two attached hydrogens (primary N) is 1. The minimum Gasteiger partial charge on any atom is -0.381 e. The van der Waals surface area contributed by atoms with Crippen molar-refractivity contribution in [2.75, 3.05) is 19.0 Å². The van der Waals surface area contributed by atoms with E-state index in [-0.39, 0.29) is 5.75 Å². The van der Waals surface area contributed by atoms with Gasteiger partial charge in [-0.2, -0.15) is 0 Å². The summed E-state index contributed by atoms with van der Waals surface area (Å²) in [6, 6.07) is 4.13. The van der Waals surface area contributed by atoms with Gasteiger partial charge in [0.15, 0.2) is 0 Å². The maximum Gasteiger partial charge on any atom is 0.209 e. The van der Waals surface area contributed by atoms with Gasteiger partial charge in [0.1, 0.15) is 0 Å². The van der Waals surface area contributed by atoms with E-state index in [9.17, 15) is 8.42 Å². The Morgan fingerprint density at radius 3 is 2.71 bits per heavy atom. The number of sulfonamides is 1. The van der Waals surface area contributed by atoms with Crippen molar-refractivity contribution in [2.45, 2.75) is 25.7 Å². The van der Waals surface area contributed by atoms with Crippen LogP contribution in [-0.2, 0) is 21.2 Å². The SMILES string of the molecule is NS(=O)(=O)CCCCCOCCc1cccs1. The van der Waals surface area contributed by atoms with E-state index in [4.69, 9.17) is 9.88 Å². The predicted octanol–water partition coefficient (Wildman–Crippen LogP) is 1.77. The molecule has 0 amide bonds. The molecule has 2 N–H and O–H groups in total. The van der Waals surface area contributed by atoms with Crippen LogP contribution in [-0.4, -0.2) is 27.4 Å². The fraction of sp³-hybridized carbons (Fsp3) is 0.636. The number of primary sulfonamides is 1. The first-order chi connectivity index (χ1) is 8.08. The van der Waals surface area contributed by atoms with E-state index in [1.807, 2.05) is 6.07 Å². The highest BCUT2D eigenvalue weighted by molar-refractivity contribution is 7.89. The number of unbranched alkanes of at least 4 members (excludes halogenated alkanes) is 2. The fourth-order valence-corrected chi connectivity index (χ4v) is 2.71. The molecule has 0 radical (unpaired) electrons. The number of thiophene rings is 1. The van der Waals surface area contributed by atoms with Crippen LogP contribution in [0, 0.1) is 0 Å². The average Bonchev–Trinajstić information content (AvgIpc) is 2.73. The number of hydrogen-bond donors (Lipinski definition) is 1. The van der Waals surface area contributed by atoms with E-state index >= 15 is 0 Å². The third-order valence-corrected chi connectivity index (χ3v) is 4.08. The van der Waals surface area contributed by atoms with Crippen molar-refractivity contribution in [3.05, 3.63) is 22.4 Å². The highest BCUT2D eigenvalue weighted by Gasteiger charge is 2.01. The van der Waals surface area contributed by atoms with Gasteiger partial charge in [-0.25, -0.2) is 13.6 Å². The molecule has 0 fully saturated rings. The van der Waals surface area contributed by atoms with Crippen LogP contribution in [0.15, 0.2) is 17.5 Å². The lowest BCUT2D eigenvalue weighted by molar-refractivity contribution is 0.133. The van der Waals surface area contributed by atoms with Gasteiger partial charge in [-0.3, -0.25) is 0 Å². The third kappa shape index (κ3) is 8.31. The summed E-state index contributed by atoms with van der Waals surface area (Å²) in [7, 11) is -3.29. The van der Waals surface area contributed by atoms with Crippen LogP contribution < -0.4 is 5.14 Å². The first kappa shape index (κ1) is 14.6. The van der Waals surface area contributed by atoms with Crippen molar-refractivity contribution in [1.82, 2.24) is 0 Å². The van der Waals surface area contributed by atoms with Crippen LogP contribution in [0.5, 0.6) is 0 Å². The molecule has 6 heteroatoms. The molecule has 1 rings (SSSR count). The normalized spacial score (nSPS) is 11.8. The van der Waals surface area contributed by atoms with Crippen LogP contribution in [0.25, 0.3) is 0 Å². The lowest BCUT2D eigenvalue weighted by Crippen LogP contribution is -2.16. The highest BCUT2D eigenvalue weighted by atomic mass is 32.2. The Kier molecular flexibility index (Phi) is 6.72. The third-order valence-electron chi connectivity index (χ3n) is 2.29. The molecule has 0 spiro atoms. The highest BCUT2D eigenvalue weighted by Crippen LogP contribution is 2.09. The molecule has 0 aliphatic heterocycles. The summed E-state index contributed by atoms with van der Waals surface area (Å²) in [6.45, 7) is 1.42. The summed E-state index contributed by atoms with van der Waals surface area (Å²) in [5.74, 6) is 0.0716. The molecule has 1 aromatic rings. The van der Waals surface area contributed by atoms with Gasteiger partial charge in [0.05, 0.1) is 12.4 Å². The maximum absolute atomic E-state index is 10.6. The van der Waals surface area contributed by atoms with Gasteiger partial charge in [0, 0.05) is 17.9 Å². The van der Waals surface area contributed by atoms with Gasteiger partial charge < -0.3 is 4.74 Å². The summed E-state index contributed by atoms with van der Waals surface area (Å²) in [6.07, 6.45) is 3.30. The topological polar surface area (TPSA) is 69.4 Å². The second-order valence-electron chi connectivity index (χ2n) is 3.87. The van der Waals surface area contributed by atoms with E-state index in [1.165, 1.54) is 4.88 Å². The van der Waals surface area contributed by atoms with Crippen LogP contribution in [0.3, 0.4) is 0 Å². The molecule has 0 aliphatic rings. The monoisotopic (exact) mass is 277 g/mol. The largest absolute Gasteiger partial charge is 0.381 e. The molecule has 4 nitrogen and oxygen atoms in total. The molecule has 98 valence electrons. The van der Waals surface area contributed by atoms with E-state index in [0.717, 1.165) is 25.9 Å². The second kappa shape index (κ2) is 7.81. The molecule has 0 unspecified atom stereocenters. The van der Waals surface area contributed by atoms with Crippen LogP contribution in [0.4, 0.5) is 0 Å². The van der Waals surface area contributed by atoms with Gasteiger partial charge in [-0.05, 0) is 24.3 Å². The van der Waals surface area contributed by atoms with Gasteiger partial charge in [-0.1, -0.05) is 12.5 Å². The number of rotatable bonds is 9. The molecule has 0 aliphatic carbocycles. The Morgan fingerprint density at radius 1 is 1.24 bits per heavy atom. The minimum absolute atomic E-state index is 0.0716. The van der Waals surface area contributed by atoms with Crippen LogP contribution >= 0.6 is 11.3 Å². The summed E-state index contributed by atoms with van der Waals surface area (Å²) in [4.78, 5) is 1.33. The Labute approximate surface area is 107 Å². The number of hydrogen-bond acceptors (Lipinski definition) is 4. The van der Waals surface area contributed by atoms with E-state index < -0.39 is 10.0 Å². The summed E-state index contributed by atoms with van der Waals surface area (Å²) in [5, 5.41) is 6.95. The van der Waals surface area contributed by atoms with E-state index in [1.54, 1.807) is 11.3 Å². The van der Waals surface area contributed by atoms with Crippen molar-refractivity contribution in [3.8, 4) is 0 Å². The van der Waals surface area contributed by atoms with Crippen molar-refractivity contribution in [1.29, 1.82) is 0 Å². The fourth-order valence-electron chi connectivity index (χ4n) is 1.41. The zero-order valence-electron chi connectivity index (χ0n) is 9.80. The van der Waals surface area contributed by atoms with Gasteiger partial charge in [-0.15, -0.1) is 11.3 Å². The molecular formula is C11H19NO3S2. The average molecular weight is 277 g/mol. The molecule has 0 aromatic carbocycles. The molecule has 0 saturated heterocycles. The predicted molar refractivity (Wildman–Crippen MR) is 70.7 cm³/mol. The Morgan fingerprint density at radius 2 is 2.06 bits per heavy atom. The van der Waals surface area contributed by atoms with Gasteiger partial charge in [0.2, 0.25) is 10.0 Å². The molecule has 0 bridgehead atoms. The van der Waals surface area contributed by atoms with Crippen LogP contribution in [0.1, 0.15) is 24.1 Å². The lowest BCUT2D eigenvalue weighted by atomic mass is 10.3. The molecule has 0 saturated carbocycles. The summed E-state index contributed by atoms with van der Waals surface area (Å²) >= 11 is 1.74. The Hall–Kier alpha value is -0.430. The minimum atomic E-state index is -3.29. The second-order valence-corrected chi connectivity index (χ2v) is 6.64. The lowest BCUT2D eigenvalue weighted by Gasteiger charge is -2.03. The molecule has 0 atom stereocenters. The summed E-state index contributed by atoms with van der Waals surface area (Å²) < 4.78 is 26.8. The van der Waals surface area contributed by atoms with Crippen molar-refractivity contribution < 1.29 is 13.2 Å². The molecule has 1 aromatic heterocycles. The number of ether oxygens (including phenoxy) is 1. The van der Waals surface area contributed by atoms with E-state index in [2.05, 4.69) is 11.4 Å². The maximum atomic E-state index is 10.6. The van der Waals surface area contributed by atoms with Crippen molar-refractivity contribution in [3.63, 3.8) is 0 Å². The first-order valence-electron chi connectivity index (χ1n) is 5.68. The smallest absolute Gasteiger partial charge is 0.209 e. The van der Waals surface area contributed by atoms with Gasteiger partial charge >= 0.3 is 0 Å². The zero-order valence-corrected chi connectivity index (χ0v) is 11.4. The van der Waals surface area contributed by atoms with Crippen LogP contribution in [0.2, 0.25) is 0 Å². The Bertz CT molecular complexity index is 387. The van der Waals surface area contributed by atoms with Gasteiger partial charge in [0.25, 0.3) is 0 Å². The summed E-state index contributed by atoms with van der Waals surface area (Å²) in [5.41, 5.74) is 0.